The van der Waals surface area contributed by atoms with Crippen LogP contribution in [0.15, 0.2) is 59.1 Å². The van der Waals surface area contributed by atoms with Crippen molar-refractivity contribution in [1.82, 2.24) is 15.0 Å². The second-order valence-corrected chi connectivity index (χ2v) is 8.04. The minimum atomic E-state index is -0.381. The number of para-hydroxylation sites is 1. The van der Waals surface area contributed by atoms with Crippen molar-refractivity contribution in [1.29, 1.82) is 0 Å². The molecular formula is C24H26FN5O3. The number of aryl methyl sites for hydroxylation is 1. The largest absolute Gasteiger partial charge is 0.360 e. The van der Waals surface area contributed by atoms with E-state index in [1.807, 2.05) is 13.0 Å². The average Bonchev–Trinajstić information content (AvgIpc) is 3.21. The number of benzene rings is 2. The number of nitrogens with zero attached hydrogens (tertiary/aromatic N) is 3. The number of amides is 2. The average molecular weight is 452 g/mol. The number of nitrogens with one attached hydrogen (secondary N) is 2. The summed E-state index contributed by atoms with van der Waals surface area (Å²) in [6.07, 6.45) is 0. The lowest BCUT2D eigenvalue weighted by molar-refractivity contribution is -0.117. The smallest absolute Gasteiger partial charge is 0.257 e. The van der Waals surface area contributed by atoms with Crippen molar-refractivity contribution >= 4 is 23.2 Å². The maximum absolute atomic E-state index is 13.1. The van der Waals surface area contributed by atoms with E-state index in [-0.39, 0.29) is 24.2 Å². The maximum atomic E-state index is 13.1. The van der Waals surface area contributed by atoms with Crippen LogP contribution in [0.5, 0.6) is 0 Å². The lowest BCUT2D eigenvalue weighted by atomic mass is 10.1. The predicted molar refractivity (Wildman–Crippen MR) is 122 cm³/mol. The topological polar surface area (TPSA) is 90.7 Å². The van der Waals surface area contributed by atoms with Crippen molar-refractivity contribution in [2.45, 2.75) is 13.5 Å². The highest BCUT2D eigenvalue weighted by Crippen LogP contribution is 2.18. The number of anilines is 2. The lowest BCUT2D eigenvalue weighted by Crippen LogP contribution is -2.48. The zero-order valence-electron chi connectivity index (χ0n) is 18.4. The Hall–Kier alpha value is -3.56. The van der Waals surface area contributed by atoms with Gasteiger partial charge in [-0.2, -0.15) is 0 Å². The molecule has 2 N–H and O–H groups in total. The Morgan fingerprint density at radius 2 is 1.70 bits per heavy atom. The number of aromatic nitrogens is 1. The van der Waals surface area contributed by atoms with Crippen LogP contribution in [-0.4, -0.2) is 59.5 Å². The second-order valence-electron chi connectivity index (χ2n) is 8.04. The van der Waals surface area contributed by atoms with E-state index in [9.17, 15) is 14.0 Å². The predicted octanol–water partition coefficient (Wildman–Crippen LogP) is 3.13. The second kappa shape index (κ2) is 10.4. The zero-order chi connectivity index (χ0) is 23.2. The van der Waals surface area contributed by atoms with Crippen LogP contribution < -0.4 is 10.6 Å². The molecule has 0 spiro atoms. The van der Waals surface area contributed by atoms with E-state index in [4.69, 9.17) is 4.52 Å². The van der Waals surface area contributed by atoms with Crippen LogP contribution in [0.1, 0.15) is 21.8 Å². The third-order valence-corrected chi connectivity index (χ3v) is 5.44. The molecule has 1 aliphatic heterocycles. The fourth-order valence-corrected chi connectivity index (χ4v) is 3.73. The highest BCUT2D eigenvalue weighted by atomic mass is 19.1. The molecule has 3 aromatic rings. The maximum Gasteiger partial charge on any atom is 0.257 e. The standard InChI is InChI=1S/C24H26FN5O3/c1-17-14-20(33-28-17)15-29-10-12-30(13-11-29)16-23(31)27-22-5-3-2-4-21(22)24(32)26-19-8-6-18(25)7-9-19/h2-9,14H,10-13,15-16H2,1H3,(H,26,32)(H,27,31). The van der Waals surface area contributed by atoms with E-state index in [0.717, 1.165) is 37.6 Å². The van der Waals surface area contributed by atoms with E-state index in [2.05, 4.69) is 25.6 Å². The van der Waals surface area contributed by atoms with Gasteiger partial charge in [-0.3, -0.25) is 19.4 Å². The fourth-order valence-electron chi connectivity index (χ4n) is 3.73. The Labute approximate surface area is 191 Å². The van der Waals surface area contributed by atoms with Gasteiger partial charge in [0.2, 0.25) is 5.91 Å². The quantitative estimate of drug-likeness (QED) is 0.574. The highest BCUT2D eigenvalue weighted by molar-refractivity contribution is 6.10. The first-order chi connectivity index (χ1) is 16.0. The van der Waals surface area contributed by atoms with E-state index in [1.165, 1.54) is 24.3 Å². The van der Waals surface area contributed by atoms with Crippen LogP contribution in [0.3, 0.4) is 0 Å². The molecule has 0 radical (unpaired) electrons. The van der Waals surface area contributed by atoms with Gasteiger partial charge in [0.1, 0.15) is 5.82 Å². The highest BCUT2D eigenvalue weighted by Gasteiger charge is 2.21. The van der Waals surface area contributed by atoms with Crippen molar-refractivity contribution in [3.05, 3.63) is 77.4 Å². The molecule has 2 aromatic carbocycles. The van der Waals surface area contributed by atoms with Gasteiger partial charge < -0.3 is 15.2 Å². The summed E-state index contributed by atoms with van der Waals surface area (Å²) >= 11 is 0. The first-order valence-corrected chi connectivity index (χ1v) is 10.8. The SMILES string of the molecule is Cc1cc(CN2CCN(CC(=O)Nc3ccccc3C(=O)Nc3ccc(F)cc3)CC2)on1. The lowest BCUT2D eigenvalue weighted by Gasteiger charge is -2.33. The van der Waals surface area contributed by atoms with Crippen LogP contribution in [0.2, 0.25) is 0 Å². The van der Waals surface area contributed by atoms with Crippen LogP contribution >= 0.6 is 0 Å². The number of piperazine rings is 1. The summed E-state index contributed by atoms with van der Waals surface area (Å²) in [5, 5.41) is 9.48. The molecule has 0 saturated carbocycles. The number of carbonyl (C=O) groups is 2. The summed E-state index contributed by atoms with van der Waals surface area (Å²) in [7, 11) is 0. The van der Waals surface area contributed by atoms with Gasteiger partial charge in [-0.1, -0.05) is 17.3 Å². The van der Waals surface area contributed by atoms with Gasteiger partial charge in [0.15, 0.2) is 5.76 Å². The molecule has 33 heavy (non-hydrogen) atoms. The first kappa shape index (κ1) is 22.6. The van der Waals surface area contributed by atoms with Crippen LogP contribution in [-0.2, 0) is 11.3 Å². The van der Waals surface area contributed by atoms with Gasteiger partial charge >= 0.3 is 0 Å². The molecule has 0 atom stereocenters. The Morgan fingerprint density at radius 3 is 2.39 bits per heavy atom. The molecule has 2 amide bonds. The van der Waals surface area contributed by atoms with Crippen molar-refractivity contribution in [3.63, 3.8) is 0 Å². The first-order valence-electron chi connectivity index (χ1n) is 10.8. The summed E-state index contributed by atoms with van der Waals surface area (Å²) in [4.78, 5) is 29.7. The van der Waals surface area contributed by atoms with Crippen molar-refractivity contribution in [2.24, 2.45) is 0 Å². The molecule has 1 saturated heterocycles. The molecular weight excluding hydrogens is 425 g/mol. The van der Waals surface area contributed by atoms with E-state index < -0.39 is 0 Å². The van der Waals surface area contributed by atoms with Crippen LogP contribution in [0, 0.1) is 12.7 Å². The number of rotatable bonds is 7. The summed E-state index contributed by atoms with van der Waals surface area (Å²) in [6.45, 7) is 6.00. The zero-order valence-corrected chi connectivity index (χ0v) is 18.4. The summed E-state index contributed by atoms with van der Waals surface area (Å²) in [6, 6.07) is 14.3. The number of carbonyl (C=O) groups excluding carboxylic acids is 2. The molecule has 8 nitrogen and oxygen atoms in total. The van der Waals surface area contributed by atoms with Gasteiger partial charge in [-0.25, -0.2) is 4.39 Å². The molecule has 172 valence electrons. The number of halogens is 1. The van der Waals surface area contributed by atoms with Crippen LogP contribution in [0.4, 0.5) is 15.8 Å². The van der Waals surface area contributed by atoms with E-state index >= 15 is 0 Å². The Balaban J connectivity index is 1.29. The van der Waals surface area contributed by atoms with Gasteiger partial charge in [0.05, 0.1) is 30.0 Å². The molecule has 1 aliphatic rings. The molecule has 9 heteroatoms. The third-order valence-electron chi connectivity index (χ3n) is 5.44. The minimum absolute atomic E-state index is 0.184. The monoisotopic (exact) mass is 451 g/mol. The van der Waals surface area contributed by atoms with Gasteiger partial charge in [-0.15, -0.1) is 0 Å². The normalized spacial score (nSPS) is 14.7. The minimum Gasteiger partial charge on any atom is -0.360 e. The summed E-state index contributed by atoms with van der Waals surface area (Å²) in [5.41, 5.74) is 2.11. The molecule has 1 aromatic heterocycles. The van der Waals surface area contributed by atoms with E-state index in [0.29, 0.717) is 23.5 Å². The van der Waals surface area contributed by atoms with Crippen LogP contribution in [0.25, 0.3) is 0 Å². The third kappa shape index (κ3) is 6.24. The van der Waals surface area contributed by atoms with Gasteiger partial charge in [-0.05, 0) is 43.3 Å². The van der Waals surface area contributed by atoms with Crippen molar-refractivity contribution in [2.75, 3.05) is 43.4 Å². The Bertz CT molecular complexity index is 1110. The van der Waals surface area contributed by atoms with Gasteiger partial charge in [0.25, 0.3) is 5.91 Å². The van der Waals surface area contributed by atoms with E-state index in [1.54, 1.807) is 24.3 Å². The summed E-state index contributed by atoms with van der Waals surface area (Å²) < 4.78 is 18.4. The Kier molecular flexibility index (Phi) is 7.11. The number of hydrogen-bond donors (Lipinski definition) is 2. The molecule has 0 aliphatic carbocycles. The Morgan fingerprint density at radius 1 is 1.00 bits per heavy atom. The number of hydrogen-bond acceptors (Lipinski definition) is 6. The fraction of sp³-hybridized carbons (Fsp3) is 0.292. The molecule has 0 unspecified atom stereocenters. The molecule has 4 rings (SSSR count). The molecule has 2 heterocycles. The summed E-state index contributed by atoms with van der Waals surface area (Å²) in [5.74, 6) is -0.103. The van der Waals surface area contributed by atoms with Crippen molar-refractivity contribution in [3.8, 4) is 0 Å². The van der Waals surface area contributed by atoms with Gasteiger partial charge in [0, 0.05) is 37.9 Å². The van der Waals surface area contributed by atoms with Crippen molar-refractivity contribution < 1.29 is 18.5 Å². The molecule has 0 bridgehead atoms. The molecule has 1 fully saturated rings.